The van der Waals surface area contributed by atoms with Gasteiger partial charge in [-0.05, 0) is 78.2 Å². The molecule has 0 aliphatic rings. The maximum Gasteiger partial charge on any atom is 0.339 e. The van der Waals surface area contributed by atoms with Gasteiger partial charge in [-0.2, -0.15) is 0 Å². The van der Waals surface area contributed by atoms with Crippen LogP contribution in [0.25, 0.3) is 43.4 Å². The number of hydrogen-bond acceptors (Lipinski definition) is 2. The van der Waals surface area contributed by atoms with E-state index in [0.717, 1.165) is 36.4 Å². The van der Waals surface area contributed by atoms with E-state index in [2.05, 4.69) is 83.3 Å². The first-order valence-electron chi connectivity index (χ1n) is 11.5. The molecule has 0 spiro atoms. The monoisotopic (exact) mass is 564 g/mol. The lowest BCUT2D eigenvalue weighted by atomic mass is 9.89. The van der Waals surface area contributed by atoms with Crippen molar-refractivity contribution in [3.63, 3.8) is 0 Å². The van der Waals surface area contributed by atoms with E-state index in [1.807, 2.05) is 54.6 Å². The van der Waals surface area contributed by atoms with Crippen LogP contribution in [-0.4, -0.2) is 5.97 Å². The quantitative estimate of drug-likeness (QED) is 0.122. The molecular formula is C32H21IO2. The molecule has 35 heavy (non-hydrogen) atoms. The lowest BCUT2D eigenvalue weighted by Crippen LogP contribution is -2.08. The summed E-state index contributed by atoms with van der Waals surface area (Å²) in [5.74, 6) is -0.317. The van der Waals surface area contributed by atoms with Gasteiger partial charge < -0.3 is 4.74 Å². The Kier molecular flexibility index (Phi) is 5.71. The van der Waals surface area contributed by atoms with Crippen molar-refractivity contribution in [2.45, 2.75) is 6.61 Å². The van der Waals surface area contributed by atoms with E-state index in [4.69, 9.17) is 4.74 Å². The summed E-state index contributed by atoms with van der Waals surface area (Å²) in [6, 6.07) is 39.0. The topological polar surface area (TPSA) is 26.3 Å². The molecule has 6 aromatic carbocycles. The van der Waals surface area contributed by atoms with Crippen LogP contribution in [0.15, 0.2) is 115 Å². The molecule has 0 radical (unpaired) electrons. The number of fused-ring (bicyclic) bond motifs is 4. The predicted octanol–water partition coefficient (Wildman–Crippen LogP) is 8.77. The van der Waals surface area contributed by atoms with Crippen molar-refractivity contribution in [1.29, 1.82) is 0 Å². The van der Waals surface area contributed by atoms with Crippen LogP contribution in [0.2, 0.25) is 0 Å². The van der Waals surface area contributed by atoms with Gasteiger partial charge in [-0.1, -0.05) is 103 Å². The van der Waals surface area contributed by atoms with Gasteiger partial charge in [0.2, 0.25) is 0 Å². The van der Waals surface area contributed by atoms with E-state index in [1.165, 1.54) is 16.2 Å². The number of carbonyl (C=O) groups excluding carboxylic acids is 1. The van der Waals surface area contributed by atoms with Crippen LogP contribution in [0.1, 0.15) is 15.9 Å². The van der Waals surface area contributed by atoms with Crippen molar-refractivity contribution in [3.8, 4) is 11.1 Å². The normalized spacial score (nSPS) is 11.2. The molecule has 0 atom stereocenters. The molecule has 0 aliphatic carbocycles. The maximum atomic E-state index is 13.5. The zero-order chi connectivity index (χ0) is 23.8. The summed E-state index contributed by atoms with van der Waals surface area (Å²) in [6.45, 7) is 0.238. The Morgan fingerprint density at radius 3 is 1.89 bits per heavy atom. The van der Waals surface area contributed by atoms with E-state index >= 15 is 0 Å². The minimum absolute atomic E-state index is 0.238. The van der Waals surface area contributed by atoms with Gasteiger partial charge in [0.1, 0.15) is 6.61 Å². The molecule has 3 heteroatoms. The third-order valence-corrected chi connectivity index (χ3v) is 7.58. The number of halogens is 1. The number of hydrogen-bond donors (Lipinski definition) is 0. The summed E-state index contributed by atoms with van der Waals surface area (Å²) < 4.78 is 6.95. The largest absolute Gasteiger partial charge is 0.457 e. The number of carbonyl (C=O) groups is 1. The molecule has 6 rings (SSSR count). The number of ether oxygens (including phenoxy) is 1. The molecule has 2 nitrogen and oxygen atoms in total. The average Bonchev–Trinajstić information content (AvgIpc) is 2.92. The molecule has 0 N–H and O–H groups in total. The lowest BCUT2D eigenvalue weighted by molar-refractivity contribution is 0.0474. The first-order chi connectivity index (χ1) is 17.2. The third-order valence-electron chi connectivity index (χ3n) is 6.46. The van der Waals surface area contributed by atoms with Crippen molar-refractivity contribution in [2.24, 2.45) is 0 Å². The highest BCUT2D eigenvalue weighted by Gasteiger charge is 2.21. The molecule has 0 fully saturated rings. The summed E-state index contributed by atoms with van der Waals surface area (Å²) in [5, 5.41) is 6.81. The average molecular weight is 564 g/mol. The first-order valence-corrected chi connectivity index (χ1v) is 12.6. The molecule has 0 unspecified atom stereocenters. The number of benzene rings is 6. The van der Waals surface area contributed by atoms with Crippen LogP contribution < -0.4 is 0 Å². The van der Waals surface area contributed by atoms with Crippen LogP contribution in [-0.2, 0) is 11.3 Å². The molecule has 0 saturated heterocycles. The Balaban J connectivity index is 1.60. The SMILES string of the molecule is O=C(OCc1ccccc1)c1cc2ccccc2cc1-c1c(I)c2ccccc2c2ccccc12. The van der Waals surface area contributed by atoms with Gasteiger partial charge in [-0.25, -0.2) is 4.79 Å². The smallest absolute Gasteiger partial charge is 0.339 e. The minimum Gasteiger partial charge on any atom is -0.457 e. The summed E-state index contributed by atoms with van der Waals surface area (Å²) in [6.07, 6.45) is 0. The van der Waals surface area contributed by atoms with E-state index < -0.39 is 0 Å². The third kappa shape index (κ3) is 3.96. The molecule has 6 aromatic rings. The van der Waals surface area contributed by atoms with Gasteiger partial charge in [-0.15, -0.1) is 0 Å². The first kappa shape index (κ1) is 21.8. The zero-order valence-electron chi connectivity index (χ0n) is 18.9. The fourth-order valence-electron chi connectivity index (χ4n) is 4.78. The predicted molar refractivity (Wildman–Crippen MR) is 153 cm³/mol. The molecule has 0 bridgehead atoms. The fourth-order valence-corrected chi connectivity index (χ4v) is 5.83. The van der Waals surface area contributed by atoms with Gasteiger partial charge in [-0.3, -0.25) is 0 Å². The lowest BCUT2D eigenvalue weighted by Gasteiger charge is -2.18. The zero-order valence-corrected chi connectivity index (χ0v) is 21.0. The van der Waals surface area contributed by atoms with E-state index in [-0.39, 0.29) is 12.6 Å². The van der Waals surface area contributed by atoms with E-state index in [0.29, 0.717) is 5.56 Å². The van der Waals surface area contributed by atoms with Crippen LogP contribution in [0.3, 0.4) is 0 Å². The molecule has 0 aliphatic heterocycles. The summed E-state index contributed by atoms with van der Waals surface area (Å²) in [7, 11) is 0. The van der Waals surface area contributed by atoms with E-state index in [1.54, 1.807) is 0 Å². The fraction of sp³-hybridized carbons (Fsp3) is 0.0312. The van der Waals surface area contributed by atoms with Crippen molar-refractivity contribution in [3.05, 3.63) is 130 Å². The Hall–Kier alpha value is -3.70. The van der Waals surface area contributed by atoms with Crippen molar-refractivity contribution in [2.75, 3.05) is 0 Å². The highest BCUT2D eigenvalue weighted by Crippen LogP contribution is 2.42. The Labute approximate surface area is 217 Å². The standard InChI is InChI=1S/C32H21IO2/c33-31-27-17-9-7-15-25(27)24-14-6-8-16-26(24)30(31)28-18-22-12-4-5-13-23(22)19-29(28)32(34)35-20-21-10-2-1-3-11-21/h1-19H,20H2. The Morgan fingerprint density at radius 1 is 0.629 bits per heavy atom. The van der Waals surface area contributed by atoms with Gasteiger partial charge in [0.05, 0.1) is 5.56 Å². The van der Waals surface area contributed by atoms with Crippen LogP contribution in [0.5, 0.6) is 0 Å². The maximum absolute atomic E-state index is 13.5. The van der Waals surface area contributed by atoms with Crippen molar-refractivity contribution < 1.29 is 9.53 Å². The van der Waals surface area contributed by atoms with Crippen LogP contribution >= 0.6 is 22.6 Å². The minimum atomic E-state index is -0.317. The second-order valence-corrected chi connectivity index (χ2v) is 9.67. The van der Waals surface area contributed by atoms with Gasteiger partial charge in [0.15, 0.2) is 0 Å². The molecule has 168 valence electrons. The molecule has 0 amide bonds. The highest BCUT2D eigenvalue weighted by atomic mass is 127. The van der Waals surface area contributed by atoms with Crippen LogP contribution in [0.4, 0.5) is 0 Å². The molecular weight excluding hydrogens is 543 g/mol. The summed E-state index contributed by atoms with van der Waals surface area (Å²) >= 11 is 2.43. The number of rotatable bonds is 4. The highest BCUT2D eigenvalue weighted by molar-refractivity contribution is 14.1. The summed E-state index contributed by atoms with van der Waals surface area (Å²) in [4.78, 5) is 13.5. The summed E-state index contributed by atoms with van der Waals surface area (Å²) in [5.41, 5.74) is 3.51. The molecule has 0 heterocycles. The van der Waals surface area contributed by atoms with Gasteiger partial charge in [0.25, 0.3) is 0 Å². The molecule has 0 saturated carbocycles. The van der Waals surface area contributed by atoms with E-state index in [9.17, 15) is 4.79 Å². The Bertz CT molecular complexity index is 1720. The van der Waals surface area contributed by atoms with Gasteiger partial charge in [0, 0.05) is 9.13 Å². The molecule has 0 aromatic heterocycles. The second-order valence-electron chi connectivity index (χ2n) is 8.59. The van der Waals surface area contributed by atoms with Crippen molar-refractivity contribution >= 4 is 60.9 Å². The van der Waals surface area contributed by atoms with Crippen LogP contribution in [0, 0.1) is 3.57 Å². The number of esters is 1. The second kappa shape index (κ2) is 9.16. The Morgan fingerprint density at radius 2 is 1.17 bits per heavy atom. The van der Waals surface area contributed by atoms with Crippen molar-refractivity contribution in [1.82, 2.24) is 0 Å². The van der Waals surface area contributed by atoms with Gasteiger partial charge >= 0.3 is 5.97 Å².